The summed E-state index contributed by atoms with van der Waals surface area (Å²) >= 11 is 3.53. The van der Waals surface area contributed by atoms with Gasteiger partial charge in [-0.25, -0.2) is 4.39 Å². The molecule has 2 unspecified atom stereocenters. The Labute approximate surface area is 181 Å². The second-order valence-corrected chi connectivity index (χ2v) is 10.2. The number of piperidine rings is 1. The molecule has 3 nitrogen and oxygen atoms in total. The van der Waals surface area contributed by atoms with E-state index in [4.69, 9.17) is 0 Å². The van der Waals surface area contributed by atoms with Crippen molar-refractivity contribution in [2.45, 2.75) is 37.8 Å². The Balaban J connectivity index is 1.50. The number of thiophene rings is 1. The summed E-state index contributed by atoms with van der Waals surface area (Å²) in [5, 5.41) is 1.94. The van der Waals surface area contributed by atoms with Crippen molar-refractivity contribution in [2.75, 3.05) is 31.6 Å². The van der Waals surface area contributed by atoms with Crippen LogP contribution in [0, 0.1) is 11.7 Å². The Kier molecular flexibility index (Phi) is 6.93. The molecule has 1 amide bonds. The Morgan fingerprint density at radius 2 is 2.00 bits per heavy atom. The highest BCUT2D eigenvalue weighted by atomic mass is 32.2. The molecule has 3 heterocycles. The van der Waals surface area contributed by atoms with Crippen LogP contribution in [0.2, 0.25) is 0 Å². The van der Waals surface area contributed by atoms with Gasteiger partial charge in [-0.1, -0.05) is 24.3 Å². The van der Waals surface area contributed by atoms with Crippen molar-refractivity contribution in [3.8, 4) is 0 Å². The fraction of sp³-hybridized carbons (Fsp3) is 0.522. The van der Waals surface area contributed by atoms with Crippen LogP contribution in [0.3, 0.4) is 0 Å². The minimum absolute atomic E-state index is 0.0154. The zero-order valence-corrected chi connectivity index (χ0v) is 18.6. The summed E-state index contributed by atoms with van der Waals surface area (Å²) in [5.74, 6) is 2.80. The predicted molar refractivity (Wildman–Crippen MR) is 120 cm³/mol. The number of nitrogens with zero attached hydrogens (tertiary/aromatic N) is 2. The van der Waals surface area contributed by atoms with Crippen molar-refractivity contribution in [1.29, 1.82) is 0 Å². The molecule has 1 aromatic heterocycles. The number of thioether (sulfide) groups is 1. The molecular formula is C23H29FN2OS2. The fourth-order valence-corrected chi connectivity index (χ4v) is 6.67. The lowest BCUT2D eigenvalue weighted by atomic mass is 9.84. The molecule has 0 radical (unpaired) electrons. The molecule has 156 valence electrons. The van der Waals surface area contributed by atoms with Crippen molar-refractivity contribution in [3.63, 3.8) is 0 Å². The summed E-state index contributed by atoms with van der Waals surface area (Å²) < 4.78 is 14.4. The maximum absolute atomic E-state index is 14.4. The summed E-state index contributed by atoms with van der Waals surface area (Å²) in [6, 6.07) is 11.5. The molecule has 2 atom stereocenters. The Morgan fingerprint density at radius 3 is 2.66 bits per heavy atom. The van der Waals surface area contributed by atoms with Crippen molar-refractivity contribution in [3.05, 3.63) is 58.0 Å². The highest BCUT2D eigenvalue weighted by Gasteiger charge is 2.34. The predicted octanol–water partition coefficient (Wildman–Crippen LogP) is 4.79. The molecule has 6 heteroatoms. The third-order valence-electron chi connectivity index (χ3n) is 6.48. The number of halogens is 1. The van der Waals surface area contributed by atoms with E-state index in [9.17, 15) is 9.18 Å². The second kappa shape index (κ2) is 9.63. The molecular weight excluding hydrogens is 403 g/mol. The van der Waals surface area contributed by atoms with Crippen molar-refractivity contribution in [2.24, 2.45) is 5.92 Å². The fourth-order valence-electron chi connectivity index (χ4n) is 4.71. The van der Waals surface area contributed by atoms with Gasteiger partial charge < -0.3 is 4.90 Å². The molecule has 2 saturated heterocycles. The van der Waals surface area contributed by atoms with Crippen LogP contribution >= 0.6 is 23.1 Å². The largest absolute Gasteiger partial charge is 0.337 e. The number of hydrogen-bond acceptors (Lipinski definition) is 4. The van der Waals surface area contributed by atoms with Gasteiger partial charge in [0.25, 0.3) is 5.91 Å². The zero-order chi connectivity index (χ0) is 20.2. The van der Waals surface area contributed by atoms with Gasteiger partial charge in [0.1, 0.15) is 5.82 Å². The lowest BCUT2D eigenvalue weighted by Crippen LogP contribution is -2.49. The number of rotatable bonds is 6. The van der Waals surface area contributed by atoms with Gasteiger partial charge in [-0.2, -0.15) is 11.8 Å². The Morgan fingerprint density at radius 1 is 1.21 bits per heavy atom. The first-order valence-corrected chi connectivity index (χ1v) is 12.5. The van der Waals surface area contributed by atoms with E-state index < -0.39 is 0 Å². The van der Waals surface area contributed by atoms with Crippen LogP contribution in [0.5, 0.6) is 0 Å². The van der Waals surface area contributed by atoms with Gasteiger partial charge in [-0.15, -0.1) is 11.3 Å². The van der Waals surface area contributed by atoms with Crippen molar-refractivity contribution >= 4 is 29.0 Å². The lowest BCUT2D eigenvalue weighted by Gasteiger charge is -2.41. The number of carbonyl (C=O) groups is 1. The van der Waals surface area contributed by atoms with Gasteiger partial charge in [-0.05, 0) is 73.5 Å². The van der Waals surface area contributed by atoms with E-state index in [0.717, 1.165) is 36.9 Å². The molecule has 0 N–H and O–H groups in total. The summed E-state index contributed by atoms with van der Waals surface area (Å²) in [6.45, 7) is 2.18. The lowest BCUT2D eigenvalue weighted by molar-refractivity contribution is 0.0560. The van der Waals surface area contributed by atoms with Crippen LogP contribution in [0.15, 0.2) is 41.8 Å². The average molecular weight is 433 g/mol. The van der Waals surface area contributed by atoms with Gasteiger partial charge in [-0.3, -0.25) is 9.69 Å². The van der Waals surface area contributed by atoms with E-state index in [2.05, 4.69) is 16.7 Å². The third kappa shape index (κ3) is 4.86. The van der Waals surface area contributed by atoms with Crippen LogP contribution in [-0.2, 0) is 6.42 Å². The quantitative estimate of drug-likeness (QED) is 0.656. The van der Waals surface area contributed by atoms with E-state index in [-0.39, 0.29) is 17.8 Å². The standard InChI is InChI=1S/C23H29FN2OS2/c1-25(23(27)22-7-4-13-29-22)21(15-18-5-2-3-6-20(18)24)17-8-11-26(12-9-17)19-10-14-28-16-19/h2-7,13,17,19,21H,8-12,14-16H2,1H3. The van der Waals surface area contributed by atoms with E-state index in [1.54, 1.807) is 6.07 Å². The molecule has 2 aliphatic heterocycles. The highest BCUT2D eigenvalue weighted by molar-refractivity contribution is 7.99. The second-order valence-electron chi connectivity index (χ2n) is 8.15. The average Bonchev–Trinajstić information content (AvgIpc) is 3.47. The number of carbonyl (C=O) groups excluding carboxylic acids is 1. The first kappa shape index (κ1) is 20.9. The number of amides is 1. The molecule has 2 fully saturated rings. The monoisotopic (exact) mass is 432 g/mol. The van der Waals surface area contributed by atoms with Crippen LogP contribution in [0.25, 0.3) is 0 Å². The summed E-state index contributed by atoms with van der Waals surface area (Å²) in [7, 11) is 1.90. The van der Waals surface area contributed by atoms with E-state index in [1.807, 2.05) is 41.6 Å². The third-order valence-corrected chi connectivity index (χ3v) is 8.48. The Hall–Kier alpha value is -1.37. The Bertz CT molecular complexity index is 799. The van der Waals surface area contributed by atoms with Crippen molar-refractivity contribution < 1.29 is 9.18 Å². The topological polar surface area (TPSA) is 23.6 Å². The van der Waals surface area contributed by atoms with Gasteiger partial charge in [0.05, 0.1) is 4.88 Å². The molecule has 0 spiro atoms. The first-order valence-electron chi connectivity index (χ1n) is 10.5. The molecule has 0 aliphatic carbocycles. The van der Waals surface area contributed by atoms with Crippen LogP contribution in [0.1, 0.15) is 34.5 Å². The highest BCUT2D eigenvalue weighted by Crippen LogP contribution is 2.31. The maximum atomic E-state index is 14.4. The minimum atomic E-state index is -0.171. The van der Waals surface area contributed by atoms with Gasteiger partial charge in [0.15, 0.2) is 0 Å². The van der Waals surface area contributed by atoms with Gasteiger partial charge in [0, 0.05) is 24.9 Å². The summed E-state index contributed by atoms with van der Waals surface area (Å²) in [5.41, 5.74) is 0.706. The van der Waals surface area contributed by atoms with Crippen LogP contribution < -0.4 is 0 Å². The molecule has 4 rings (SSSR count). The van der Waals surface area contributed by atoms with Crippen molar-refractivity contribution in [1.82, 2.24) is 9.80 Å². The molecule has 0 saturated carbocycles. The maximum Gasteiger partial charge on any atom is 0.263 e. The molecule has 2 aliphatic rings. The van der Waals surface area contributed by atoms with Crippen LogP contribution in [0.4, 0.5) is 4.39 Å². The van der Waals surface area contributed by atoms with Gasteiger partial charge >= 0.3 is 0 Å². The first-order chi connectivity index (χ1) is 14.1. The minimum Gasteiger partial charge on any atom is -0.337 e. The number of likely N-dealkylation sites (N-methyl/N-ethyl adjacent to an activating group) is 1. The van der Waals surface area contributed by atoms with E-state index in [0.29, 0.717) is 17.9 Å². The molecule has 29 heavy (non-hydrogen) atoms. The molecule has 2 aromatic rings. The van der Waals surface area contributed by atoms with Crippen LogP contribution in [-0.4, -0.2) is 59.4 Å². The SMILES string of the molecule is CN(C(=O)c1cccs1)C(Cc1ccccc1F)C1CCN(C2CCSC2)CC1. The molecule has 1 aromatic carbocycles. The summed E-state index contributed by atoms with van der Waals surface area (Å²) in [6.07, 6.45) is 4.01. The smallest absolute Gasteiger partial charge is 0.263 e. The number of benzene rings is 1. The molecule has 0 bridgehead atoms. The van der Waals surface area contributed by atoms with Gasteiger partial charge in [0.2, 0.25) is 0 Å². The normalized spacial score (nSPS) is 21.9. The zero-order valence-electron chi connectivity index (χ0n) is 16.9. The number of likely N-dealkylation sites (tertiary alicyclic amines) is 1. The van der Waals surface area contributed by atoms with E-state index in [1.165, 1.54) is 35.3 Å². The summed E-state index contributed by atoms with van der Waals surface area (Å²) in [4.78, 5) is 18.3. The number of hydrogen-bond donors (Lipinski definition) is 0. The van der Waals surface area contributed by atoms with E-state index >= 15 is 0 Å².